The molecule has 41 heavy (non-hydrogen) atoms. The molecule has 2 heterocycles. The van der Waals surface area contributed by atoms with Gasteiger partial charge in [-0.2, -0.15) is 0 Å². The zero-order valence-electron chi connectivity index (χ0n) is 22.2. The normalized spacial score (nSPS) is 21.4. The van der Waals surface area contributed by atoms with Crippen molar-refractivity contribution in [2.45, 2.75) is 24.9 Å². The van der Waals surface area contributed by atoms with Crippen molar-refractivity contribution in [3.63, 3.8) is 0 Å². The third-order valence-corrected chi connectivity index (χ3v) is 8.54. The van der Waals surface area contributed by atoms with Crippen LogP contribution in [0.5, 0.6) is 5.75 Å². The van der Waals surface area contributed by atoms with E-state index < -0.39 is 29.4 Å². The van der Waals surface area contributed by atoms with Crippen molar-refractivity contribution < 1.29 is 23.9 Å². The molecule has 0 bridgehead atoms. The molecule has 7 rings (SSSR count). The molecule has 0 unspecified atom stereocenters. The van der Waals surface area contributed by atoms with Crippen molar-refractivity contribution in [1.82, 2.24) is 0 Å². The molecule has 200 valence electrons. The average Bonchev–Trinajstić information content (AvgIpc) is 3.43. The Morgan fingerprint density at radius 3 is 2.02 bits per heavy atom. The third-order valence-electron chi connectivity index (χ3n) is 8.54. The van der Waals surface area contributed by atoms with Crippen LogP contribution in [-0.2, 0) is 4.79 Å². The zero-order chi connectivity index (χ0) is 28.3. The number of carbonyl (C=O) groups is 4. The van der Waals surface area contributed by atoms with E-state index in [1.54, 1.807) is 48.5 Å². The van der Waals surface area contributed by atoms with Crippen molar-refractivity contribution in [2.75, 3.05) is 4.90 Å². The van der Waals surface area contributed by atoms with Crippen LogP contribution in [0.25, 0.3) is 6.08 Å². The summed E-state index contributed by atoms with van der Waals surface area (Å²) >= 11 is 0. The van der Waals surface area contributed by atoms with Crippen molar-refractivity contribution in [3.05, 3.63) is 137 Å². The number of anilines is 1. The van der Waals surface area contributed by atoms with Gasteiger partial charge in [0.25, 0.3) is 0 Å². The second-order valence-corrected chi connectivity index (χ2v) is 10.7. The van der Waals surface area contributed by atoms with Gasteiger partial charge in [0.1, 0.15) is 17.2 Å². The van der Waals surface area contributed by atoms with Gasteiger partial charge in [0.15, 0.2) is 17.3 Å². The highest BCUT2D eigenvalue weighted by Crippen LogP contribution is 2.60. The summed E-state index contributed by atoms with van der Waals surface area (Å²) in [5.74, 6) is -1.63. The van der Waals surface area contributed by atoms with Crippen LogP contribution in [0.15, 0.2) is 109 Å². The first-order valence-corrected chi connectivity index (χ1v) is 13.5. The molecule has 0 saturated carbocycles. The number of hydrogen-bond donors (Lipinski definition) is 0. The topological polar surface area (TPSA) is 80.8 Å². The molecule has 4 aromatic carbocycles. The molecular formula is C35H25NO5. The van der Waals surface area contributed by atoms with Crippen LogP contribution in [0.4, 0.5) is 5.69 Å². The van der Waals surface area contributed by atoms with Gasteiger partial charge in [-0.25, -0.2) is 0 Å². The fraction of sp³-hybridized carbons (Fsp3) is 0.143. The number of Topliss-reactive ketones (excluding diaryl/α,β-unsaturated/α-hetero) is 3. The number of carbonyl (C=O) groups excluding carboxylic acids is 4. The van der Waals surface area contributed by atoms with Crippen LogP contribution in [-0.4, -0.2) is 35.4 Å². The van der Waals surface area contributed by atoms with Gasteiger partial charge in [0, 0.05) is 35.2 Å². The van der Waals surface area contributed by atoms with Crippen LogP contribution in [0.1, 0.15) is 55.0 Å². The van der Waals surface area contributed by atoms with Crippen molar-refractivity contribution >= 4 is 35.1 Å². The van der Waals surface area contributed by atoms with Gasteiger partial charge in [0.2, 0.25) is 0 Å². The summed E-state index contributed by atoms with van der Waals surface area (Å²) in [6.07, 6.45) is 3.86. The smallest absolute Gasteiger partial charge is 0.308 e. The van der Waals surface area contributed by atoms with Crippen molar-refractivity contribution in [2.24, 2.45) is 5.41 Å². The highest BCUT2D eigenvalue weighted by Gasteiger charge is 2.71. The molecule has 1 aliphatic carbocycles. The van der Waals surface area contributed by atoms with Crippen LogP contribution in [0.3, 0.4) is 0 Å². The van der Waals surface area contributed by atoms with Gasteiger partial charge in [-0.05, 0) is 41.5 Å². The Morgan fingerprint density at radius 2 is 1.37 bits per heavy atom. The second kappa shape index (κ2) is 9.24. The highest BCUT2D eigenvalue weighted by molar-refractivity contribution is 6.32. The second-order valence-electron chi connectivity index (χ2n) is 10.7. The number of fused-ring (bicyclic) bond motifs is 5. The maximum atomic E-state index is 14.7. The number of para-hydroxylation sites is 1. The van der Waals surface area contributed by atoms with Gasteiger partial charge in [-0.1, -0.05) is 84.9 Å². The van der Waals surface area contributed by atoms with Crippen LogP contribution in [0.2, 0.25) is 0 Å². The zero-order valence-corrected chi connectivity index (χ0v) is 22.2. The number of ether oxygens (including phenoxy) is 1. The lowest BCUT2D eigenvalue weighted by Gasteiger charge is -2.37. The fourth-order valence-corrected chi connectivity index (χ4v) is 6.97. The van der Waals surface area contributed by atoms with E-state index in [2.05, 4.69) is 0 Å². The first-order valence-electron chi connectivity index (χ1n) is 13.5. The Morgan fingerprint density at radius 1 is 0.756 bits per heavy atom. The summed E-state index contributed by atoms with van der Waals surface area (Å²) in [4.78, 5) is 57.3. The van der Waals surface area contributed by atoms with E-state index in [9.17, 15) is 19.2 Å². The van der Waals surface area contributed by atoms with Crippen molar-refractivity contribution in [3.8, 4) is 5.75 Å². The maximum Gasteiger partial charge on any atom is 0.308 e. The van der Waals surface area contributed by atoms with Gasteiger partial charge < -0.3 is 9.64 Å². The quantitative estimate of drug-likeness (QED) is 0.138. The minimum atomic E-state index is -1.53. The first kappa shape index (κ1) is 24.9. The maximum absolute atomic E-state index is 14.7. The molecule has 0 aromatic heterocycles. The molecule has 1 saturated heterocycles. The molecular weight excluding hydrogens is 514 g/mol. The minimum Gasteiger partial charge on any atom is -0.427 e. The van der Waals surface area contributed by atoms with E-state index >= 15 is 0 Å². The summed E-state index contributed by atoms with van der Waals surface area (Å²) < 4.78 is 5.18. The molecule has 2 aliphatic heterocycles. The highest BCUT2D eigenvalue weighted by atomic mass is 16.5. The minimum absolute atomic E-state index is 0.225. The number of ketones is 3. The Balaban J connectivity index is 1.48. The largest absolute Gasteiger partial charge is 0.427 e. The summed E-state index contributed by atoms with van der Waals surface area (Å²) in [7, 11) is 0. The number of esters is 1. The number of benzene rings is 4. The SMILES string of the molecule is CC(=O)Oc1ccc(C(=O)[C@H]2[C@H](c3ccccc3)C3(C(=O)c4ccccc4C3=O)[C@@H]3C=Cc4ccccc4N32)cc1. The van der Waals surface area contributed by atoms with E-state index in [0.717, 1.165) is 16.8 Å². The number of rotatable bonds is 4. The summed E-state index contributed by atoms with van der Waals surface area (Å²) in [5, 5.41) is 0. The van der Waals surface area contributed by atoms with Crippen LogP contribution < -0.4 is 9.64 Å². The Bertz CT molecular complexity index is 1740. The monoisotopic (exact) mass is 539 g/mol. The number of nitrogens with zero attached hydrogens (tertiary/aromatic N) is 1. The molecule has 0 N–H and O–H groups in total. The predicted octanol–water partition coefficient (Wildman–Crippen LogP) is 5.93. The summed E-state index contributed by atoms with van der Waals surface area (Å²) in [6, 6.07) is 29.0. The molecule has 6 heteroatoms. The predicted molar refractivity (Wildman–Crippen MR) is 154 cm³/mol. The Kier molecular flexibility index (Phi) is 5.61. The van der Waals surface area contributed by atoms with Gasteiger partial charge in [0.05, 0.1) is 6.04 Å². The van der Waals surface area contributed by atoms with Crippen LogP contribution in [0, 0.1) is 5.41 Å². The molecule has 1 spiro atoms. The molecule has 4 aromatic rings. The molecule has 6 nitrogen and oxygen atoms in total. The lowest BCUT2D eigenvalue weighted by Crippen LogP contribution is -2.48. The lowest BCUT2D eigenvalue weighted by atomic mass is 9.64. The molecule has 3 aliphatic rings. The van der Waals surface area contributed by atoms with Crippen molar-refractivity contribution in [1.29, 1.82) is 0 Å². The van der Waals surface area contributed by atoms with Crippen LogP contribution >= 0.6 is 0 Å². The Hall–Kier alpha value is -5.10. The summed E-state index contributed by atoms with van der Waals surface area (Å²) in [5.41, 5.74) is 2.10. The van der Waals surface area contributed by atoms with Gasteiger partial charge in [-0.3, -0.25) is 19.2 Å². The average molecular weight is 540 g/mol. The van der Waals surface area contributed by atoms with E-state index in [0.29, 0.717) is 22.4 Å². The van der Waals surface area contributed by atoms with E-state index in [1.165, 1.54) is 6.92 Å². The van der Waals surface area contributed by atoms with E-state index in [4.69, 9.17) is 4.74 Å². The van der Waals surface area contributed by atoms with E-state index in [-0.39, 0.29) is 17.3 Å². The first-order chi connectivity index (χ1) is 19.9. The third kappa shape index (κ3) is 3.50. The number of hydrogen-bond acceptors (Lipinski definition) is 6. The molecule has 0 amide bonds. The van der Waals surface area contributed by atoms with Gasteiger partial charge in [-0.15, -0.1) is 0 Å². The standard InChI is InChI=1S/C35H25NO5/c1-21(37)41-25-18-15-24(16-19-25)32(38)31-30(23-10-3-2-4-11-23)35(33(39)26-12-6-7-13-27(26)34(35)40)29-20-17-22-9-5-8-14-28(22)36(29)31/h2-20,29-31H,1H3/t29-,30-,31+/m0/s1. The molecule has 0 radical (unpaired) electrons. The Labute approximate surface area is 236 Å². The lowest BCUT2D eigenvalue weighted by molar-refractivity contribution is -0.131. The fourth-order valence-electron chi connectivity index (χ4n) is 6.97. The summed E-state index contributed by atoms with van der Waals surface area (Å²) in [6.45, 7) is 1.32. The van der Waals surface area contributed by atoms with Gasteiger partial charge >= 0.3 is 5.97 Å². The van der Waals surface area contributed by atoms with E-state index in [1.807, 2.05) is 71.6 Å². The molecule has 1 fully saturated rings. The molecule has 3 atom stereocenters.